The third-order valence-corrected chi connectivity index (χ3v) is 6.52. The summed E-state index contributed by atoms with van der Waals surface area (Å²) in [5.74, 6) is -0.0291. The number of imidazole rings is 2. The fraction of sp³-hybridized carbons (Fsp3) is 0.269. The number of carbonyl (C=O) groups is 1. The van der Waals surface area contributed by atoms with Gasteiger partial charge in [0.25, 0.3) is 5.91 Å². The predicted molar refractivity (Wildman–Crippen MR) is 126 cm³/mol. The number of hydrogen-bond acceptors (Lipinski definition) is 4. The van der Waals surface area contributed by atoms with Gasteiger partial charge in [-0.05, 0) is 56.5 Å². The monoisotopic (exact) mass is 457 g/mol. The third kappa shape index (κ3) is 3.46. The van der Waals surface area contributed by atoms with Gasteiger partial charge in [-0.3, -0.25) is 4.79 Å². The summed E-state index contributed by atoms with van der Waals surface area (Å²) in [7, 11) is 0. The summed E-state index contributed by atoms with van der Waals surface area (Å²) >= 11 is 0. The van der Waals surface area contributed by atoms with E-state index in [1.54, 1.807) is 24.8 Å². The van der Waals surface area contributed by atoms with E-state index in [4.69, 9.17) is 4.74 Å². The molecule has 1 amide bonds. The lowest BCUT2D eigenvalue weighted by molar-refractivity contribution is 0.102. The summed E-state index contributed by atoms with van der Waals surface area (Å²) in [6.45, 7) is 4.87. The first-order valence-electron chi connectivity index (χ1n) is 11.4. The maximum absolute atomic E-state index is 14.9. The highest BCUT2D eigenvalue weighted by Crippen LogP contribution is 2.40. The van der Waals surface area contributed by atoms with Crippen LogP contribution in [0, 0.1) is 19.7 Å². The molecule has 0 unspecified atom stereocenters. The van der Waals surface area contributed by atoms with Crippen LogP contribution in [-0.4, -0.2) is 31.6 Å². The number of ether oxygens (including phenoxy) is 1. The molecule has 0 saturated heterocycles. The van der Waals surface area contributed by atoms with Gasteiger partial charge in [-0.2, -0.15) is 0 Å². The molecule has 1 saturated carbocycles. The van der Waals surface area contributed by atoms with Gasteiger partial charge >= 0.3 is 0 Å². The van der Waals surface area contributed by atoms with Crippen molar-refractivity contribution < 1.29 is 13.9 Å². The van der Waals surface area contributed by atoms with Gasteiger partial charge in [0.05, 0.1) is 53.2 Å². The predicted octanol–water partition coefficient (Wildman–Crippen LogP) is 5.01. The minimum absolute atomic E-state index is 0.0327. The molecule has 7 nitrogen and oxygen atoms in total. The smallest absolute Gasteiger partial charge is 0.258 e. The van der Waals surface area contributed by atoms with Crippen molar-refractivity contribution in [2.45, 2.75) is 39.2 Å². The van der Waals surface area contributed by atoms with E-state index in [-0.39, 0.29) is 5.56 Å². The first kappa shape index (κ1) is 20.7. The SMILES string of the molecule is Cc1cc(F)c(C(=O)Nc2cccc3c2OCCn2cnc(C)c2-3)cc1-n1cnc(C2CC2)c1. The minimum Gasteiger partial charge on any atom is -0.489 e. The van der Waals surface area contributed by atoms with E-state index < -0.39 is 11.7 Å². The van der Waals surface area contributed by atoms with Crippen LogP contribution in [0.4, 0.5) is 10.1 Å². The fourth-order valence-corrected chi connectivity index (χ4v) is 4.59. The van der Waals surface area contributed by atoms with Gasteiger partial charge < -0.3 is 19.2 Å². The summed E-state index contributed by atoms with van der Waals surface area (Å²) < 4.78 is 24.8. The average Bonchev–Trinajstić information content (AvgIpc) is 3.49. The van der Waals surface area contributed by atoms with E-state index in [0.29, 0.717) is 30.5 Å². The van der Waals surface area contributed by atoms with E-state index in [9.17, 15) is 9.18 Å². The number of benzene rings is 2. The van der Waals surface area contributed by atoms with Crippen LogP contribution in [0.5, 0.6) is 5.75 Å². The van der Waals surface area contributed by atoms with E-state index in [1.165, 1.54) is 6.07 Å². The lowest BCUT2D eigenvalue weighted by Crippen LogP contribution is -2.16. The third-order valence-electron chi connectivity index (χ3n) is 6.52. The largest absolute Gasteiger partial charge is 0.489 e. The molecule has 1 aliphatic carbocycles. The Morgan fingerprint density at radius 2 is 2.03 bits per heavy atom. The van der Waals surface area contributed by atoms with Crippen LogP contribution in [-0.2, 0) is 6.54 Å². The number of amides is 1. The molecule has 4 aromatic rings. The molecule has 0 atom stereocenters. The zero-order valence-corrected chi connectivity index (χ0v) is 19.0. The van der Waals surface area contributed by atoms with Gasteiger partial charge in [-0.15, -0.1) is 0 Å². The first-order valence-corrected chi connectivity index (χ1v) is 11.4. The summed E-state index contributed by atoms with van der Waals surface area (Å²) in [6.07, 6.45) is 7.79. The molecule has 1 N–H and O–H groups in total. The number of aromatic nitrogens is 4. The molecule has 8 heteroatoms. The van der Waals surface area contributed by atoms with Crippen molar-refractivity contribution >= 4 is 11.6 Å². The quantitative estimate of drug-likeness (QED) is 0.467. The van der Waals surface area contributed by atoms with Gasteiger partial charge in [-0.25, -0.2) is 14.4 Å². The molecular formula is C26H24FN5O2. The molecule has 0 radical (unpaired) electrons. The molecule has 172 valence electrons. The Labute approximate surface area is 196 Å². The Morgan fingerprint density at radius 1 is 1.18 bits per heavy atom. The number of fused-ring (bicyclic) bond motifs is 3. The van der Waals surface area contributed by atoms with Gasteiger partial charge in [-0.1, -0.05) is 6.07 Å². The van der Waals surface area contributed by atoms with Crippen molar-refractivity contribution in [1.29, 1.82) is 0 Å². The second-order valence-electron chi connectivity index (χ2n) is 8.96. The van der Waals surface area contributed by atoms with E-state index in [2.05, 4.69) is 15.3 Å². The van der Waals surface area contributed by atoms with Crippen LogP contribution in [0.25, 0.3) is 16.9 Å². The molecule has 3 heterocycles. The maximum Gasteiger partial charge on any atom is 0.258 e. The zero-order valence-electron chi connectivity index (χ0n) is 19.0. The van der Waals surface area contributed by atoms with Gasteiger partial charge in [0, 0.05) is 17.7 Å². The lowest BCUT2D eigenvalue weighted by atomic mass is 10.1. The highest BCUT2D eigenvalue weighted by atomic mass is 19.1. The van der Waals surface area contributed by atoms with Crippen molar-refractivity contribution in [3.8, 4) is 22.7 Å². The summed E-state index contributed by atoms with van der Waals surface area (Å²) in [5, 5.41) is 2.87. The molecule has 1 aliphatic heterocycles. The zero-order chi connectivity index (χ0) is 23.4. The molecule has 2 aromatic carbocycles. The highest BCUT2D eigenvalue weighted by molar-refractivity contribution is 6.06. The number of carbonyl (C=O) groups excluding carboxylic acids is 1. The number of nitrogens with zero attached hydrogens (tertiary/aromatic N) is 4. The van der Waals surface area contributed by atoms with Crippen LogP contribution >= 0.6 is 0 Å². The van der Waals surface area contributed by atoms with Crippen molar-refractivity contribution in [2.75, 3.05) is 11.9 Å². The second-order valence-corrected chi connectivity index (χ2v) is 8.96. The first-order chi connectivity index (χ1) is 16.5. The highest BCUT2D eigenvalue weighted by Gasteiger charge is 2.27. The van der Waals surface area contributed by atoms with Crippen LogP contribution in [0.15, 0.2) is 49.2 Å². The van der Waals surface area contributed by atoms with Gasteiger partial charge in [0.1, 0.15) is 12.4 Å². The molecule has 2 aliphatic rings. The molecular weight excluding hydrogens is 433 g/mol. The number of halogens is 1. The fourth-order valence-electron chi connectivity index (χ4n) is 4.59. The Kier molecular flexibility index (Phi) is 4.76. The van der Waals surface area contributed by atoms with Crippen molar-refractivity contribution in [2.24, 2.45) is 0 Å². The topological polar surface area (TPSA) is 74.0 Å². The molecule has 1 fully saturated rings. The number of aryl methyl sites for hydroxylation is 2. The van der Waals surface area contributed by atoms with Crippen LogP contribution < -0.4 is 10.1 Å². The minimum atomic E-state index is -0.571. The van der Waals surface area contributed by atoms with Crippen molar-refractivity contribution in [3.05, 3.63) is 77.5 Å². The Bertz CT molecular complexity index is 1430. The van der Waals surface area contributed by atoms with Gasteiger partial charge in [0.15, 0.2) is 5.75 Å². The Balaban J connectivity index is 1.35. The number of hydrogen-bond donors (Lipinski definition) is 1. The lowest BCUT2D eigenvalue weighted by Gasteiger charge is -2.15. The van der Waals surface area contributed by atoms with Crippen LogP contribution in [0.1, 0.15) is 46.1 Å². The van der Waals surface area contributed by atoms with Crippen molar-refractivity contribution in [1.82, 2.24) is 19.1 Å². The average molecular weight is 458 g/mol. The number of rotatable bonds is 4. The Hall–Kier alpha value is -3.94. The number of para-hydroxylation sites is 1. The summed E-state index contributed by atoms with van der Waals surface area (Å²) in [4.78, 5) is 22.1. The normalized spacial score (nSPS) is 14.7. The van der Waals surface area contributed by atoms with E-state index >= 15 is 0 Å². The summed E-state index contributed by atoms with van der Waals surface area (Å²) in [5.41, 5.74) is 5.65. The molecule has 0 spiro atoms. The number of nitrogens with one attached hydrogen (secondary N) is 1. The second kappa shape index (κ2) is 7.83. The number of anilines is 1. The van der Waals surface area contributed by atoms with E-state index in [0.717, 1.165) is 46.7 Å². The van der Waals surface area contributed by atoms with Gasteiger partial charge in [0.2, 0.25) is 0 Å². The molecule has 0 bridgehead atoms. The molecule has 2 aromatic heterocycles. The Morgan fingerprint density at radius 3 is 2.85 bits per heavy atom. The molecule has 34 heavy (non-hydrogen) atoms. The van der Waals surface area contributed by atoms with Crippen LogP contribution in [0.3, 0.4) is 0 Å². The maximum atomic E-state index is 14.9. The van der Waals surface area contributed by atoms with Crippen LogP contribution in [0.2, 0.25) is 0 Å². The summed E-state index contributed by atoms with van der Waals surface area (Å²) in [6, 6.07) is 8.54. The van der Waals surface area contributed by atoms with E-state index in [1.807, 2.05) is 41.3 Å². The molecule has 6 rings (SSSR count). The standard InChI is InChI=1S/C26H24FN5O2/c1-15-10-20(27)19(11-23(15)32-12-22(29-14-32)17-6-7-17)26(33)30-21-5-3-4-18-24-16(2)28-13-31(24)8-9-34-25(18)21/h3-5,10-14,17H,6-9H2,1-2H3,(H,30,33). The van der Waals surface area contributed by atoms with Crippen molar-refractivity contribution in [3.63, 3.8) is 0 Å².